The number of benzene rings is 2. The average molecular weight is 327 g/mol. The predicted molar refractivity (Wildman–Crippen MR) is 90.7 cm³/mol. The summed E-state index contributed by atoms with van der Waals surface area (Å²) in [5.41, 5.74) is 3.77. The molecule has 0 saturated heterocycles. The molecule has 1 atom stereocenters. The summed E-state index contributed by atoms with van der Waals surface area (Å²) in [6, 6.07) is 14.3. The van der Waals surface area contributed by atoms with Gasteiger partial charge in [-0.1, -0.05) is 48.5 Å². The Kier molecular flexibility index (Phi) is 5.95. The second-order valence-electron chi connectivity index (χ2n) is 5.70. The molecule has 0 unspecified atom stereocenters. The maximum Gasteiger partial charge on any atom is 0.407 e. The maximum absolute atomic E-state index is 12.0. The number of ether oxygens (including phenoxy) is 1. The number of hydrogen-bond acceptors (Lipinski definition) is 3. The first-order chi connectivity index (χ1) is 11.5. The molecule has 0 aliphatic rings. The Labute approximate surface area is 141 Å². The number of alkyl carbamates (subject to hydrolysis) is 1. The van der Waals surface area contributed by atoms with Crippen LogP contribution in [0.1, 0.15) is 34.7 Å². The molecule has 0 heterocycles. The van der Waals surface area contributed by atoms with E-state index in [1.165, 1.54) is 0 Å². The number of carbonyl (C=O) groups excluding carboxylic acids is 1. The average Bonchev–Trinajstić information content (AvgIpc) is 2.55. The van der Waals surface area contributed by atoms with Crippen molar-refractivity contribution in [3.05, 3.63) is 70.8 Å². The van der Waals surface area contributed by atoms with Crippen molar-refractivity contribution in [3.63, 3.8) is 0 Å². The number of rotatable bonds is 6. The summed E-state index contributed by atoms with van der Waals surface area (Å²) in [5.74, 6) is -0.985. The zero-order valence-electron chi connectivity index (χ0n) is 13.8. The van der Waals surface area contributed by atoms with E-state index in [0.717, 1.165) is 22.3 Å². The highest BCUT2D eigenvalue weighted by atomic mass is 16.5. The lowest BCUT2D eigenvalue weighted by Gasteiger charge is -2.18. The van der Waals surface area contributed by atoms with Gasteiger partial charge >= 0.3 is 12.1 Å². The summed E-state index contributed by atoms with van der Waals surface area (Å²) >= 11 is 0. The summed E-state index contributed by atoms with van der Waals surface area (Å²) in [4.78, 5) is 23.1. The molecular formula is C19H21NO4. The summed E-state index contributed by atoms with van der Waals surface area (Å²) in [6.45, 7) is 4.07. The lowest BCUT2D eigenvalue weighted by atomic mass is 9.99. The van der Waals surface area contributed by atoms with Crippen LogP contribution in [0.15, 0.2) is 48.5 Å². The van der Waals surface area contributed by atoms with Crippen molar-refractivity contribution < 1.29 is 19.4 Å². The number of amides is 1. The summed E-state index contributed by atoms with van der Waals surface area (Å²) in [5, 5.41) is 11.7. The molecule has 24 heavy (non-hydrogen) atoms. The van der Waals surface area contributed by atoms with Crippen molar-refractivity contribution in [2.24, 2.45) is 0 Å². The van der Waals surface area contributed by atoms with E-state index < -0.39 is 18.1 Å². The molecule has 126 valence electrons. The van der Waals surface area contributed by atoms with Crippen molar-refractivity contribution in [1.29, 1.82) is 0 Å². The highest BCUT2D eigenvalue weighted by molar-refractivity contribution is 5.72. The number of hydrogen-bond donors (Lipinski definition) is 2. The zero-order chi connectivity index (χ0) is 17.5. The molecule has 0 saturated carbocycles. The molecule has 2 aromatic rings. The third kappa shape index (κ3) is 5.12. The Hall–Kier alpha value is -2.82. The lowest BCUT2D eigenvalue weighted by Crippen LogP contribution is -2.30. The highest BCUT2D eigenvalue weighted by Gasteiger charge is 2.19. The smallest absolute Gasteiger partial charge is 0.407 e. The molecule has 0 bridgehead atoms. The third-order valence-electron chi connectivity index (χ3n) is 3.82. The molecule has 5 heteroatoms. The Morgan fingerprint density at radius 2 is 1.79 bits per heavy atom. The number of carbonyl (C=O) groups is 2. The fraction of sp³-hybridized carbons (Fsp3) is 0.263. The van der Waals surface area contributed by atoms with Crippen LogP contribution in [0, 0.1) is 13.8 Å². The molecule has 0 aliphatic heterocycles. The minimum atomic E-state index is -0.985. The van der Waals surface area contributed by atoms with Gasteiger partial charge in [-0.05, 0) is 36.1 Å². The fourth-order valence-corrected chi connectivity index (χ4v) is 2.32. The van der Waals surface area contributed by atoms with Gasteiger partial charge in [-0.25, -0.2) is 4.79 Å². The number of aliphatic carboxylic acids is 1. The highest BCUT2D eigenvalue weighted by Crippen LogP contribution is 2.20. The molecule has 5 nitrogen and oxygen atoms in total. The van der Waals surface area contributed by atoms with Crippen LogP contribution in [0.3, 0.4) is 0 Å². The first kappa shape index (κ1) is 17.5. The SMILES string of the molecule is Cc1ccc([C@H](CC(=O)O)NC(=O)OCc2ccccc2)cc1C. The van der Waals surface area contributed by atoms with E-state index in [-0.39, 0.29) is 13.0 Å². The maximum atomic E-state index is 12.0. The second-order valence-corrected chi connectivity index (χ2v) is 5.70. The number of carboxylic acid groups (broad SMARTS) is 1. The second kappa shape index (κ2) is 8.15. The topological polar surface area (TPSA) is 75.6 Å². The molecule has 0 aliphatic carbocycles. The van der Waals surface area contributed by atoms with Crippen molar-refractivity contribution >= 4 is 12.1 Å². The molecular weight excluding hydrogens is 306 g/mol. The Morgan fingerprint density at radius 1 is 1.08 bits per heavy atom. The normalized spacial score (nSPS) is 11.6. The van der Waals surface area contributed by atoms with E-state index in [1.807, 2.05) is 62.4 Å². The molecule has 1 amide bonds. The van der Waals surface area contributed by atoms with Crippen LogP contribution in [-0.2, 0) is 16.1 Å². The third-order valence-corrected chi connectivity index (χ3v) is 3.82. The monoisotopic (exact) mass is 327 g/mol. The van der Waals surface area contributed by atoms with Crippen molar-refractivity contribution in [2.75, 3.05) is 0 Å². The first-order valence-corrected chi connectivity index (χ1v) is 7.72. The van der Waals surface area contributed by atoms with Crippen LogP contribution in [0.25, 0.3) is 0 Å². The number of aryl methyl sites for hydroxylation is 2. The van der Waals surface area contributed by atoms with Gasteiger partial charge in [0.1, 0.15) is 6.61 Å². The fourth-order valence-electron chi connectivity index (χ4n) is 2.32. The summed E-state index contributed by atoms with van der Waals surface area (Å²) < 4.78 is 5.17. The van der Waals surface area contributed by atoms with Crippen molar-refractivity contribution in [2.45, 2.75) is 32.9 Å². The predicted octanol–water partition coefficient (Wildman–Crippen LogP) is 3.75. The van der Waals surface area contributed by atoms with Crippen LogP contribution in [0.5, 0.6) is 0 Å². The molecule has 0 radical (unpaired) electrons. The van der Waals surface area contributed by atoms with E-state index in [0.29, 0.717) is 0 Å². The van der Waals surface area contributed by atoms with Crippen molar-refractivity contribution in [3.8, 4) is 0 Å². The summed E-state index contributed by atoms with van der Waals surface area (Å²) in [7, 11) is 0. The molecule has 0 spiro atoms. The van der Waals surface area contributed by atoms with Crippen molar-refractivity contribution in [1.82, 2.24) is 5.32 Å². The van der Waals surface area contributed by atoms with E-state index in [1.54, 1.807) is 0 Å². The van der Waals surface area contributed by atoms with Gasteiger partial charge in [-0.3, -0.25) is 4.79 Å². The van der Waals surface area contributed by atoms with E-state index in [4.69, 9.17) is 9.84 Å². The van der Waals surface area contributed by atoms with E-state index >= 15 is 0 Å². The minimum absolute atomic E-state index is 0.138. The lowest BCUT2D eigenvalue weighted by molar-refractivity contribution is -0.137. The van der Waals surface area contributed by atoms with Gasteiger partial charge in [0.15, 0.2) is 0 Å². The van der Waals surface area contributed by atoms with Gasteiger partial charge in [0.2, 0.25) is 0 Å². The standard InChI is InChI=1S/C19H21NO4/c1-13-8-9-16(10-14(13)2)17(11-18(21)22)20-19(23)24-12-15-6-4-3-5-7-15/h3-10,17H,11-12H2,1-2H3,(H,20,23)(H,21,22)/t17-/m0/s1. The molecule has 2 aromatic carbocycles. The number of carboxylic acids is 1. The molecule has 2 N–H and O–H groups in total. The van der Waals surface area contributed by atoms with Crippen LogP contribution < -0.4 is 5.32 Å². The van der Waals surface area contributed by atoms with Gasteiger partial charge in [0.05, 0.1) is 12.5 Å². The van der Waals surface area contributed by atoms with Gasteiger partial charge in [-0.2, -0.15) is 0 Å². The minimum Gasteiger partial charge on any atom is -0.481 e. The quantitative estimate of drug-likeness (QED) is 0.847. The first-order valence-electron chi connectivity index (χ1n) is 7.72. The molecule has 2 rings (SSSR count). The van der Waals surface area contributed by atoms with E-state index in [2.05, 4.69) is 5.32 Å². The zero-order valence-corrected chi connectivity index (χ0v) is 13.8. The van der Waals surface area contributed by atoms with Gasteiger partial charge in [0, 0.05) is 0 Å². The number of nitrogens with one attached hydrogen (secondary N) is 1. The van der Waals surface area contributed by atoms with Crippen LogP contribution in [0.4, 0.5) is 4.79 Å². The Morgan fingerprint density at radius 3 is 2.42 bits per heavy atom. The summed E-state index contributed by atoms with van der Waals surface area (Å²) in [6.07, 6.45) is -0.841. The van der Waals surface area contributed by atoms with Crippen LogP contribution >= 0.6 is 0 Å². The molecule has 0 fully saturated rings. The Balaban J connectivity index is 2.03. The van der Waals surface area contributed by atoms with Crippen LogP contribution in [0.2, 0.25) is 0 Å². The Bertz CT molecular complexity index is 713. The van der Waals surface area contributed by atoms with Gasteiger partial charge in [0.25, 0.3) is 0 Å². The van der Waals surface area contributed by atoms with E-state index in [9.17, 15) is 9.59 Å². The molecule has 0 aromatic heterocycles. The van der Waals surface area contributed by atoms with Gasteiger partial charge in [-0.15, -0.1) is 0 Å². The van der Waals surface area contributed by atoms with Gasteiger partial charge < -0.3 is 15.2 Å². The van der Waals surface area contributed by atoms with Crippen LogP contribution in [-0.4, -0.2) is 17.2 Å². The largest absolute Gasteiger partial charge is 0.481 e.